The molecule has 1 atom stereocenters. The fourth-order valence-corrected chi connectivity index (χ4v) is 4.87. The molecule has 1 aromatic heterocycles. The Morgan fingerprint density at radius 2 is 1.89 bits per heavy atom. The third-order valence-corrected chi connectivity index (χ3v) is 6.81. The first-order valence-corrected chi connectivity index (χ1v) is 12.6. The highest BCUT2D eigenvalue weighted by Gasteiger charge is 2.23. The van der Waals surface area contributed by atoms with E-state index < -0.39 is 6.23 Å². The lowest BCUT2D eigenvalue weighted by Crippen LogP contribution is -2.23. The van der Waals surface area contributed by atoms with Crippen LogP contribution in [0.25, 0.3) is 11.3 Å². The lowest BCUT2D eigenvalue weighted by Gasteiger charge is -2.23. The number of nitrogens with one attached hydrogen (secondary N) is 1. The molecule has 180 valence electrons. The van der Waals surface area contributed by atoms with Crippen molar-refractivity contribution in [2.24, 2.45) is 0 Å². The zero-order chi connectivity index (χ0) is 24.0. The largest absolute Gasteiger partial charge is 0.497 e. The van der Waals surface area contributed by atoms with Crippen molar-refractivity contribution in [2.45, 2.75) is 57.6 Å². The Bertz CT molecular complexity index is 1230. The van der Waals surface area contributed by atoms with Crippen LogP contribution in [0, 0.1) is 0 Å². The molecule has 2 aliphatic rings. The molecule has 5 nitrogen and oxygen atoms in total. The number of ether oxygens (including phenoxy) is 1. The molecule has 1 heterocycles. The summed E-state index contributed by atoms with van der Waals surface area (Å²) in [4.78, 5) is 10.1. The van der Waals surface area contributed by atoms with Gasteiger partial charge >= 0.3 is 0 Å². The minimum Gasteiger partial charge on any atom is -0.497 e. The van der Waals surface area contributed by atoms with Crippen LogP contribution in [0.15, 0.2) is 72.3 Å². The summed E-state index contributed by atoms with van der Waals surface area (Å²) in [7, 11) is 1.70. The molecule has 2 aliphatic carbocycles. The topological polar surface area (TPSA) is 67.3 Å². The minimum absolute atomic E-state index is 0.610. The van der Waals surface area contributed by atoms with Gasteiger partial charge in [-0.3, -0.25) is 0 Å². The van der Waals surface area contributed by atoms with E-state index in [0.717, 1.165) is 73.3 Å². The number of aliphatic hydroxyl groups excluding tert-OH is 1. The average molecular weight is 468 g/mol. The first kappa shape index (κ1) is 23.3. The number of methoxy groups -OCH3 is 1. The van der Waals surface area contributed by atoms with Gasteiger partial charge in [0, 0.05) is 5.56 Å². The first-order valence-electron chi connectivity index (χ1n) is 12.6. The number of allylic oxidation sites excluding steroid dienone is 4. The Morgan fingerprint density at radius 3 is 2.69 bits per heavy atom. The Kier molecular flexibility index (Phi) is 7.24. The van der Waals surface area contributed by atoms with Gasteiger partial charge in [-0.2, -0.15) is 0 Å². The van der Waals surface area contributed by atoms with Gasteiger partial charge in [0.2, 0.25) is 0 Å². The second-order valence-corrected chi connectivity index (χ2v) is 9.28. The molecular weight excluding hydrogens is 434 g/mol. The number of hydrogen-bond acceptors (Lipinski definition) is 5. The second-order valence-electron chi connectivity index (χ2n) is 9.28. The Balaban J connectivity index is 1.40. The van der Waals surface area contributed by atoms with Gasteiger partial charge in [0.05, 0.1) is 24.2 Å². The van der Waals surface area contributed by atoms with Gasteiger partial charge in [0.1, 0.15) is 17.8 Å². The average Bonchev–Trinajstić information content (AvgIpc) is 2.91. The van der Waals surface area contributed by atoms with Crippen molar-refractivity contribution in [1.82, 2.24) is 9.97 Å². The highest BCUT2D eigenvalue weighted by molar-refractivity contribution is 5.70. The van der Waals surface area contributed by atoms with E-state index in [0.29, 0.717) is 12.2 Å². The third kappa shape index (κ3) is 5.63. The van der Waals surface area contributed by atoms with E-state index in [9.17, 15) is 5.11 Å². The molecule has 0 amide bonds. The van der Waals surface area contributed by atoms with Crippen molar-refractivity contribution < 1.29 is 9.84 Å². The summed E-state index contributed by atoms with van der Waals surface area (Å²) < 4.78 is 5.43. The number of aryl methyl sites for hydroxylation is 4. The van der Waals surface area contributed by atoms with Gasteiger partial charge in [-0.05, 0) is 80.7 Å². The summed E-state index contributed by atoms with van der Waals surface area (Å²) in [6.45, 7) is 0. The minimum atomic E-state index is -0.685. The number of rotatable bonds is 9. The molecule has 0 saturated carbocycles. The van der Waals surface area contributed by atoms with E-state index in [2.05, 4.69) is 47.8 Å². The summed E-state index contributed by atoms with van der Waals surface area (Å²) in [6.07, 6.45) is 13.1. The predicted octanol–water partition coefficient (Wildman–Crippen LogP) is 5.82. The Labute approximate surface area is 207 Å². The predicted molar refractivity (Wildman–Crippen MR) is 141 cm³/mol. The van der Waals surface area contributed by atoms with Crippen LogP contribution < -0.4 is 10.1 Å². The molecule has 1 unspecified atom stereocenters. The molecule has 0 saturated heterocycles. The van der Waals surface area contributed by atoms with E-state index >= 15 is 0 Å². The van der Waals surface area contributed by atoms with E-state index in [4.69, 9.17) is 14.7 Å². The molecule has 0 spiro atoms. The molecule has 5 heteroatoms. The molecule has 0 fully saturated rings. The summed E-state index contributed by atoms with van der Waals surface area (Å²) in [5, 5.41) is 14.1. The summed E-state index contributed by atoms with van der Waals surface area (Å²) in [5.74, 6) is 1.58. The molecule has 0 aliphatic heterocycles. The lowest BCUT2D eigenvalue weighted by molar-refractivity contribution is 0.193. The summed E-state index contributed by atoms with van der Waals surface area (Å²) in [5.41, 5.74) is 7.80. The van der Waals surface area contributed by atoms with Crippen molar-refractivity contribution >= 4 is 5.82 Å². The van der Waals surface area contributed by atoms with Gasteiger partial charge < -0.3 is 15.2 Å². The van der Waals surface area contributed by atoms with Crippen LogP contribution in [0.2, 0.25) is 0 Å². The maximum Gasteiger partial charge on any atom is 0.150 e. The standard InChI is InChI=1S/C30H33N3O2/c1-35-24-15-16-25-23(20-24)14-18-26-29(25)31-27(17-12-21-8-4-2-5-9-21)30(32-26)33-28(34)19-13-22-10-6-3-7-11-22/h3-4,6-11,15-16,20,28,34H,2,5,12-14,17-19H2,1H3,(H,32,33). The highest BCUT2D eigenvalue weighted by Crippen LogP contribution is 2.35. The maximum atomic E-state index is 10.8. The van der Waals surface area contributed by atoms with Crippen molar-refractivity contribution in [3.05, 3.63) is 94.8 Å². The fourth-order valence-electron chi connectivity index (χ4n) is 4.87. The monoisotopic (exact) mass is 467 g/mol. The molecule has 0 radical (unpaired) electrons. The molecule has 0 bridgehead atoms. The Hall–Kier alpha value is -3.44. The quantitative estimate of drug-likeness (QED) is 0.388. The van der Waals surface area contributed by atoms with Crippen molar-refractivity contribution in [1.29, 1.82) is 0 Å². The SMILES string of the molecule is COc1ccc2c(c1)CCc1nc(NC(O)CCc3ccccc3)c(CCC3=CCCC=C3)nc1-2. The lowest BCUT2D eigenvalue weighted by atomic mass is 9.91. The van der Waals surface area contributed by atoms with Gasteiger partial charge in [-0.1, -0.05) is 54.1 Å². The van der Waals surface area contributed by atoms with Crippen LogP contribution in [-0.4, -0.2) is 28.4 Å². The van der Waals surface area contributed by atoms with E-state index in [1.54, 1.807) is 7.11 Å². The van der Waals surface area contributed by atoms with Crippen LogP contribution in [0.1, 0.15) is 48.2 Å². The van der Waals surface area contributed by atoms with E-state index in [1.807, 2.05) is 24.3 Å². The van der Waals surface area contributed by atoms with Crippen molar-refractivity contribution in [3.63, 3.8) is 0 Å². The van der Waals surface area contributed by atoms with Crippen LogP contribution in [-0.2, 0) is 25.7 Å². The number of nitrogens with zero attached hydrogens (tertiary/aromatic N) is 2. The van der Waals surface area contributed by atoms with Gasteiger partial charge in [0.15, 0.2) is 0 Å². The molecule has 2 N–H and O–H groups in total. The Morgan fingerprint density at radius 1 is 1.00 bits per heavy atom. The number of fused-ring (bicyclic) bond motifs is 3. The molecule has 3 aromatic rings. The zero-order valence-electron chi connectivity index (χ0n) is 20.3. The molecular formula is C30H33N3O2. The smallest absolute Gasteiger partial charge is 0.150 e. The first-order chi connectivity index (χ1) is 17.2. The molecule has 5 rings (SSSR count). The maximum absolute atomic E-state index is 10.8. The number of anilines is 1. The fraction of sp³-hybridized carbons (Fsp3) is 0.333. The van der Waals surface area contributed by atoms with Gasteiger partial charge in [-0.25, -0.2) is 9.97 Å². The number of hydrogen-bond donors (Lipinski definition) is 2. The second kappa shape index (κ2) is 10.9. The zero-order valence-corrected chi connectivity index (χ0v) is 20.3. The van der Waals surface area contributed by atoms with Gasteiger partial charge in [-0.15, -0.1) is 0 Å². The molecule has 2 aromatic carbocycles. The van der Waals surface area contributed by atoms with Crippen LogP contribution in [0.5, 0.6) is 5.75 Å². The number of aromatic nitrogens is 2. The molecule has 35 heavy (non-hydrogen) atoms. The van der Waals surface area contributed by atoms with E-state index in [1.165, 1.54) is 16.7 Å². The number of benzene rings is 2. The van der Waals surface area contributed by atoms with Crippen molar-refractivity contribution in [2.75, 3.05) is 12.4 Å². The van der Waals surface area contributed by atoms with E-state index in [-0.39, 0.29) is 0 Å². The van der Waals surface area contributed by atoms with Crippen LogP contribution in [0.4, 0.5) is 5.82 Å². The van der Waals surface area contributed by atoms with Gasteiger partial charge in [0.25, 0.3) is 0 Å². The highest BCUT2D eigenvalue weighted by atomic mass is 16.5. The normalized spacial score (nSPS) is 15.1. The summed E-state index contributed by atoms with van der Waals surface area (Å²) >= 11 is 0. The van der Waals surface area contributed by atoms with Crippen LogP contribution >= 0.6 is 0 Å². The number of aliphatic hydroxyl groups is 1. The summed E-state index contributed by atoms with van der Waals surface area (Å²) in [6, 6.07) is 16.5. The van der Waals surface area contributed by atoms with Crippen LogP contribution in [0.3, 0.4) is 0 Å². The van der Waals surface area contributed by atoms with Crippen molar-refractivity contribution in [3.8, 4) is 17.0 Å². The third-order valence-electron chi connectivity index (χ3n) is 6.81.